The number of hydrogen-bond acceptors (Lipinski definition) is 13. The minimum Gasteiger partial charge on any atom is -0.464 e. The van der Waals surface area contributed by atoms with Gasteiger partial charge in [-0.3, -0.25) is 19.2 Å². The number of nitrogens with one attached hydrogen (secondary N) is 2. The lowest BCUT2D eigenvalue weighted by Gasteiger charge is -2.46. The van der Waals surface area contributed by atoms with Crippen LogP contribution < -0.4 is 10.6 Å². The molecule has 57 heavy (non-hydrogen) atoms. The fourth-order valence-corrected chi connectivity index (χ4v) is 8.73. The van der Waals surface area contributed by atoms with Gasteiger partial charge in [0.05, 0.1) is 36.5 Å². The second-order valence-electron chi connectivity index (χ2n) is 16.8. The normalized spacial score (nSPS) is 36.8. The van der Waals surface area contributed by atoms with E-state index in [1.807, 2.05) is 56.3 Å². The zero-order valence-corrected chi connectivity index (χ0v) is 34.4. The quantitative estimate of drug-likeness (QED) is 0.213. The molecule has 4 N–H and O–H groups in total. The van der Waals surface area contributed by atoms with Crippen molar-refractivity contribution in [2.45, 2.75) is 128 Å². The number of ketones is 2. The second-order valence-corrected chi connectivity index (χ2v) is 16.8. The lowest BCUT2D eigenvalue weighted by atomic mass is 9.73. The van der Waals surface area contributed by atoms with Crippen LogP contribution in [0.1, 0.15) is 73.3 Å². The molecular formula is C42H59N3O12. The molecule has 3 saturated heterocycles. The second kappa shape index (κ2) is 17.8. The maximum atomic E-state index is 14.2. The number of ether oxygens (including phenoxy) is 4. The highest BCUT2D eigenvalue weighted by Gasteiger charge is 2.57. The van der Waals surface area contributed by atoms with Crippen molar-refractivity contribution in [3.8, 4) is 11.3 Å². The number of furan rings is 1. The van der Waals surface area contributed by atoms with Crippen molar-refractivity contribution in [2.24, 2.45) is 23.7 Å². The summed E-state index contributed by atoms with van der Waals surface area (Å²) >= 11 is 0. The molecule has 0 radical (unpaired) electrons. The molecule has 0 spiro atoms. The zero-order valence-electron chi connectivity index (χ0n) is 34.4. The monoisotopic (exact) mass is 797 g/mol. The number of esters is 1. The summed E-state index contributed by atoms with van der Waals surface area (Å²) in [4.78, 5) is 70.2. The van der Waals surface area contributed by atoms with E-state index in [4.69, 9.17) is 23.4 Å². The van der Waals surface area contributed by atoms with Crippen LogP contribution in [0.25, 0.3) is 11.3 Å². The number of carbonyl (C=O) groups is 5. The molecule has 1 aromatic heterocycles. The predicted molar refractivity (Wildman–Crippen MR) is 206 cm³/mol. The van der Waals surface area contributed by atoms with Crippen molar-refractivity contribution in [1.29, 1.82) is 0 Å². The number of likely N-dealkylation sites (N-methyl/N-ethyl adjacent to an activating group) is 1. The maximum Gasteiger partial charge on any atom is 0.408 e. The Kier molecular flexibility index (Phi) is 13.7. The summed E-state index contributed by atoms with van der Waals surface area (Å²) in [6.07, 6.45) is -4.11. The standard InChI is InChI=1S/C42H59N3O12/c1-22-21-41(6,52)37(56-39-35(49)29(45(8)9)18-23(2)54-39)25(4)34(48)26(5)38(50)55-31(42(7)36(24(3)33(22)47)44-40(51)57-42)15-16-43-32(46)20-27-12-10-13-28(19-27)30-14-11-17-53-30/h10-14,17,19,22-26,29,31,35-37,39,49,52H,15-16,18,20-21H2,1-9H3,(H,43,46)(H,44,51)/t22-,23-,24+,25+,26-,29+,31-,35-,36+,37-,39+,41-,42-/m1/s1. The fourth-order valence-electron chi connectivity index (χ4n) is 8.73. The molecule has 4 heterocycles. The van der Waals surface area contributed by atoms with E-state index >= 15 is 0 Å². The minimum absolute atomic E-state index is 0.000830. The Hall–Kier alpha value is -4.15. The molecule has 1 aromatic carbocycles. The van der Waals surface area contributed by atoms with Gasteiger partial charge in [0.25, 0.3) is 0 Å². The van der Waals surface area contributed by atoms with Gasteiger partial charge in [0.1, 0.15) is 29.7 Å². The van der Waals surface area contributed by atoms with Gasteiger partial charge in [0.15, 0.2) is 17.7 Å². The Balaban J connectivity index is 1.40. The molecular weight excluding hydrogens is 738 g/mol. The van der Waals surface area contributed by atoms with Gasteiger partial charge in [-0.2, -0.15) is 0 Å². The van der Waals surface area contributed by atoms with E-state index in [0.29, 0.717) is 12.2 Å². The molecule has 0 aliphatic carbocycles. The Bertz CT molecular complexity index is 1760. The van der Waals surface area contributed by atoms with Gasteiger partial charge in [-0.25, -0.2) is 4.79 Å². The van der Waals surface area contributed by atoms with Crippen LogP contribution in [0, 0.1) is 23.7 Å². The smallest absolute Gasteiger partial charge is 0.408 e. The fraction of sp³-hybridized carbons (Fsp3) is 0.643. The molecule has 2 amide bonds. The third kappa shape index (κ3) is 9.77. The number of hydrogen-bond donors (Lipinski definition) is 4. The topological polar surface area (TPSA) is 203 Å². The van der Waals surface area contributed by atoms with E-state index in [0.717, 1.165) is 11.1 Å². The first-order valence-corrected chi connectivity index (χ1v) is 19.8. The van der Waals surface area contributed by atoms with Crippen molar-refractivity contribution in [3.63, 3.8) is 0 Å². The summed E-state index contributed by atoms with van der Waals surface area (Å²) in [6, 6.07) is 9.64. The van der Waals surface area contributed by atoms with Gasteiger partial charge in [-0.05, 0) is 78.4 Å². The van der Waals surface area contributed by atoms with Crippen LogP contribution in [-0.2, 0) is 44.5 Å². The first kappa shape index (κ1) is 44.0. The number of Topliss-reactive ketones (excluding diaryl/α,β-unsaturated/α-hetero) is 2. The van der Waals surface area contributed by atoms with Gasteiger partial charge in [0, 0.05) is 42.3 Å². The van der Waals surface area contributed by atoms with Gasteiger partial charge >= 0.3 is 12.1 Å². The number of nitrogens with zero attached hydrogens (tertiary/aromatic N) is 1. The van der Waals surface area contributed by atoms with Crippen LogP contribution in [0.15, 0.2) is 47.1 Å². The molecule has 3 aliphatic rings. The predicted octanol–water partition coefficient (Wildman–Crippen LogP) is 3.42. The molecule has 15 heteroatoms. The Morgan fingerprint density at radius 3 is 2.40 bits per heavy atom. The Morgan fingerprint density at radius 2 is 1.74 bits per heavy atom. The first-order valence-electron chi connectivity index (χ1n) is 19.8. The summed E-state index contributed by atoms with van der Waals surface area (Å²) in [5.41, 5.74) is -1.87. The summed E-state index contributed by atoms with van der Waals surface area (Å²) in [5.74, 6) is -5.76. The molecule has 2 aromatic rings. The summed E-state index contributed by atoms with van der Waals surface area (Å²) in [7, 11) is 3.64. The molecule has 3 fully saturated rings. The Morgan fingerprint density at radius 1 is 1.02 bits per heavy atom. The van der Waals surface area contributed by atoms with E-state index < -0.39 is 83.4 Å². The van der Waals surface area contributed by atoms with E-state index in [9.17, 15) is 34.2 Å². The van der Waals surface area contributed by atoms with Gasteiger partial charge in [0.2, 0.25) is 5.91 Å². The highest BCUT2D eigenvalue weighted by atomic mass is 16.7. The molecule has 5 rings (SSSR count). The van der Waals surface area contributed by atoms with Crippen molar-refractivity contribution in [1.82, 2.24) is 15.5 Å². The lowest BCUT2D eigenvalue weighted by Crippen LogP contribution is -2.60. The highest BCUT2D eigenvalue weighted by molar-refractivity contribution is 6.00. The van der Waals surface area contributed by atoms with Crippen LogP contribution in [-0.4, -0.2) is 119 Å². The van der Waals surface area contributed by atoms with Gasteiger partial charge in [-0.1, -0.05) is 39.0 Å². The van der Waals surface area contributed by atoms with Crippen molar-refractivity contribution in [3.05, 3.63) is 48.2 Å². The van der Waals surface area contributed by atoms with E-state index in [-0.39, 0.29) is 49.6 Å². The summed E-state index contributed by atoms with van der Waals surface area (Å²) in [6.45, 7) is 11.0. The number of aliphatic hydroxyl groups is 2. The minimum atomic E-state index is -1.84. The molecule has 314 valence electrons. The number of rotatable bonds is 9. The SMILES string of the molecule is C[C@H]1C(=O)O[C@H](CCNC(=O)Cc2cccc(-c3ccco3)c2)[C@@]2(C)OC(=O)N[C@H]2[C@@H](C)C(=O)[C@H](C)C[C@@](C)(O)[C@H](O[C@@H]2O[C@H](C)C[C@H](N(C)C)[C@H]2O)[C@@H](C)C1=O. The average Bonchev–Trinajstić information content (AvgIpc) is 3.80. The van der Waals surface area contributed by atoms with Crippen molar-refractivity contribution < 1.29 is 57.6 Å². The summed E-state index contributed by atoms with van der Waals surface area (Å²) < 4.78 is 29.7. The van der Waals surface area contributed by atoms with Crippen molar-refractivity contribution >= 4 is 29.5 Å². The molecule has 0 unspecified atom stereocenters. The zero-order chi connectivity index (χ0) is 42.0. The number of carbonyl (C=O) groups excluding carboxylic acids is 5. The molecule has 15 nitrogen and oxygen atoms in total. The van der Waals surface area contributed by atoms with Crippen LogP contribution in [0.5, 0.6) is 0 Å². The highest BCUT2D eigenvalue weighted by Crippen LogP contribution is 2.39. The molecule has 0 saturated carbocycles. The number of aliphatic hydroxyl groups excluding tert-OH is 1. The third-order valence-corrected chi connectivity index (χ3v) is 11.9. The number of alkyl carbamates (subject to hydrolysis) is 1. The van der Waals surface area contributed by atoms with E-state index in [1.165, 1.54) is 20.8 Å². The van der Waals surface area contributed by atoms with Gasteiger partial charge < -0.3 is 49.1 Å². The number of benzene rings is 1. The number of amides is 2. The van der Waals surface area contributed by atoms with Crippen LogP contribution in [0.4, 0.5) is 4.79 Å². The molecule has 13 atom stereocenters. The third-order valence-electron chi connectivity index (χ3n) is 11.9. The lowest BCUT2D eigenvalue weighted by molar-refractivity contribution is -0.293. The van der Waals surface area contributed by atoms with Gasteiger partial charge in [-0.15, -0.1) is 0 Å². The largest absolute Gasteiger partial charge is 0.464 e. The number of cyclic esters (lactones) is 1. The Labute approximate surface area is 334 Å². The molecule has 0 bridgehead atoms. The van der Waals surface area contributed by atoms with E-state index in [2.05, 4.69) is 10.6 Å². The maximum absolute atomic E-state index is 14.2. The van der Waals surface area contributed by atoms with Crippen LogP contribution in [0.2, 0.25) is 0 Å². The van der Waals surface area contributed by atoms with Crippen LogP contribution in [0.3, 0.4) is 0 Å². The van der Waals surface area contributed by atoms with Crippen molar-refractivity contribution in [2.75, 3.05) is 20.6 Å². The average molecular weight is 798 g/mol. The summed E-state index contributed by atoms with van der Waals surface area (Å²) in [5, 5.41) is 29.0. The van der Waals surface area contributed by atoms with Crippen LogP contribution >= 0.6 is 0 Å². The van der Waals surface area contributed by atoms with E-state index in [1.54, 1.807) is 33.1 Å². The first-order chi connectivity index (χ1) is 26.7. The number of fused-ring (bicyclic) bond motifs is 1. The molecule has 3 aliphatic heterocycles.